The zero-order valence-electron chi connectivity index (χ0n) is 14.7. The number of carbonyl (C=O) groups excluding carboxylic acids is 1. The van der Waals surface area contributed by atoms with Crippen molar-refractivity contribution in [2.75, 3.05) is 6.61 Å². The van der Waals surface area contributed by atoms with E-state index in [1.54, 1.807) is 0 Å². The topological polar surface area (TPSA) is 56.2 Å². The van der Waals surface area contributed by atoms with E-state index in [-0.39, 0.29) is 11.8 Å². The number of hydrogen-bond acceptors (Lipinski definition) is 3. The van der Waals surface area contributed by atoms with Gasteiger partial charge < -0.3 is 14.6 Å². The van der Waals surface area contributed by atoms with Crippen LogP contribution in [0.5, 0.6) is 5.75 Å². The smallest absolute Gasteiger partial charge is 0.223 e. The number of hydrogen-bond donors (Lipinski definition) is 1. The maximum absolute atomic E-state index is 12.0. The molecule has 1 aliphatic carbocycles. The molecule has 26 heavy (non-hydrogen) atoms. The number of rotatable bonds is 8. The van der Waals surface area contributed by atoms with Crippen LogP contribution in [0.4, 0.5) is 0 Å². The molecule has 0 unspecified atom stereocenters. The number of para-hydroxylation sites is 3. The van der Waals surface area contributed by atoms with Crippen LogP contribution >= 0.6 is 0 Å². The van der Waals surface area contributed by atoms with Crippen LogP contribution in [-0.2, 0) is 17.9 Å². The van der Waals surface area contributed by atoms with Crippen molar-refractivity contribution < 1.29 is 9.53 Å². The van der Waals surface area contributed by atoms with Crippen LogP contribution in [0.15, 0.2) is 54.6 Å². The predicted molar refractivity (Wildman–Crippen MR) is 101 cm³/mol. The molecule has 1 aliphatic rings. The highest BCUT2D eigenvalue weighted by atomic mass is 16.5. The molecule has 4 rings (SSSR count). The van der Waals surface area contributed by atoms with Gasteiger partial charge in [-0.3, -0.25) is 4.79 Å². The van der Waals surface area contributed by atoms with Crippen molar-refractivity contribution in [2.45, 2.75) is 32.4 Å². The SMILES string of the molecule is O=C(NCc1nc2ccccc2n1CCCOc1ccccc1)C1CC1. The average molecular weight is 349 g/mol. The Kier molecular flexibility index (Phi) is 4.86. The number of imidazole rings is 1. The van der Waals surface area contributed by atoms with E-state index in [9.17, 15) is 4.79 Å². The average Bonchev–Trinajstić information content (AvgIpc) is 3.47. The number of fused-ring (bicyclic) bond motifs is 1. The molecule has 1 aromatic heterocycles. The Morgan fingerprint density at radius 2 is 1.88 bits per heavy atom. The summed E-state index contributed by atoms with van der Waals surface area (Å²) in [7, 11) is 0. The highest BCUT2D eigenvalue weighted by molar-refractivity contribution is 5.81. The Labute approximate surface area is 153 Å². The third-order valence-corrected chi connectivity index (χ3v) is 4.64. The zero-order chi connectivity index (χ0) is 17.8. The van der Waals surface area contributed by atoms with Gasteiger partial charge in [0.25, 0.3) is 0 Å². The minimum Gasteiger partial charge on any atom is -0.494 e. The Balaban J connectivity index is 1.41. The molecule has 0 bridgehead atoms. The van der Waals surface area contributed by atoms with Crippen LogP contribution in [0.1, 0.15) is 25.1 Å². The highest BCUT2D eigenvalue weighted by Crippen LogP contribution is 2.28. The number of amides is 1. The van der Waals surface area contributed by atoms with Gasteiger partial charge in [-0.15, -0.1) is 0 Å². The van der Waals surface area contributed by atoms with Crippen molar-refractivity contribution in [1.29, 1.82) is 0 Å². The third kappa shape index (κ3) is 3.87. The Hall–Kier alpha value is -2.82. The Bertz CT molecular complexity index is 885. The molecule has 0 radical (unpaired) electrons. The molecule has 0 saturated heterocycles. The number of ether oxygens (including phenoxy) is 1. The first-order valence-corrected chi connectivity index (χ1v) is 9.21. The minimum absolute atomic E-state index is 0.149. The molecule has 1 saturated carbocycles. The molecule has 0 aliphatic heterocycles. The molecule has 5 heteroatoms. The van der Waals surface area contributed by atoms with E-state index in [1.165, 1.54) is 0 Å². The van der Waals surface area contributed by atoms with Crippen LogP contribution < -0.4 is 10.1 Å². The molecule has 0 spiro atoms. The molecule has 3 aromatic rings. The van der Waals surface area contributed by atoms with Gasteiger partial charge >= 0.3 is 0 Å². The van der Waals surface area contributed by atoms with Gasteiger partial charge in [0.2, 0.25) is 5.91 Å². The van der Waals surface area contributed by atoms with E-state index < -0.39 is 0 Å². The van der Waals surface area contributed by atoms with Crippen LogP contribution in [0.2, 0.25) is 0 Å². The van der Waals surface area contributed by atoms with Crippen molar-refractivity contribution in [3.8, 4) is 5.75 Å². The number of nitrogens with one attached hydrogen (secondary N) is 1. The first-order valence-electron chi connectivity index (χ1n) is 9.21. The Morgan fingerprint density at radius 1 is 1.12 bits per heavy atom. The van der Waals surface area contributed by atoms with Gasteiger partial charge in [-0.05, 0) is 43.5 Å². The summed E-state index contributed by atoms with van der Waals surface area (Å²) in [6.07, 6.45) is 2.90. The first-order chi connectivity index (χ1) is 12.8. The quantitative estimate of drug-likeness (QED) is 0.633. The molecular weight excluding hydrogens is 326 g/mol. The molecule has 0 atom stereocenters. The highest BCUT2D eigenvalue weighted by Gasteiger charge is 2.29. The fraction of sp³-hybridized carbons (Fsp3) is 0.333. The normalized spacial score (nSPS) is 13.7. The van der Waals surface area contributed by atoms with Gasteiger partial charge in [0.15, 0.2) is 0 Å². The summed E-state index contributed by atoms with van der Waals surface area (Å²) >= 11 is 0. The fourth-order valence-corrected chi connectivity index (χ4v) is 3.10. The second-order valence-electron chi connectivity index (χ2n) is 6.68. The molecular formula is C21H23N3O2. The van der Waals surface area contributed by atoms with E-state index in [2.05, 4.69) is 16.0 Å². The molecule has 134 valence electrons. The van der Waals surface area contributed by atoms with Crippen molar-refractivity contribution in [1.82, 2.24) is 14.9 Å². The van der Waals surface area contributed by atoms with Crippen molar-refractivity contribution in [3.63, 3.8) is 0 Å². The van der Waals surface area contributed by atoms with E-state index in [1.807, 2.05) is 48.5 Å². The van der Waals surface area contributed by atoms with Crippen molar-refractivity contribution in [3.05, 3.63) is 60.4 Å². The standard InChI is InChI=1S/C21H23N3O2/c25-21(16-11-12-16)22-15-20-23-18-9-4-5-10-19(18)24(20)13-6-14-26-17-7-2-1-3-8-17/h1-5,7-10,16H,6,11-15H2,(H,22,25). The molecule has 1 heterocycles. The second-order valence-corrected chi connectivity index (χ2v) is 6.68. The number of aryl methyl sites for hydroxylation is 1. The fourth-order valence-electron chi connectivity index (χ4n) is 3.10. The lowest BCUT2D eigenvalue weighted by Crippen LogP contribution is -2.26. The summed E-state index contributed by atoms with van der Waals surface area (Å²) in [5.74, 6) is 2.16. The van der Waals surface area contributed by atoms with Crippen molar-refractivity contribution in [2.24, 2.45) is 5.92 Å². The number of aromatic nitrogens is 2. The molecule has 1 N–H and O–H groups in total. The van der Waals surface area contributed by atoms with Gasteiger partial charge in [-0.25, -0.2) is 4.98 Å². The van der Waals surface area contributed by atoms with Crippen LogP contribution in [-0.4, -0.2) is 22.1 Å². The van der Waals surface area contributed by atoms with Crippen LogP contribution in [0, 0.1) is 5.92 Å². The lowest BCUT2D eigenvalue weighted by atomic mass is 10.3. The van der Waals surface area contributed by atoms with Gasteiger partial charge in [-0.1, -0.05) is 30.3 Å². The van der Waals surface area contributed by atoms with Gasteiger partial charge in [-0.2, -0.15) is 0 Å². The largest absolute Gasteiger partial charge is 0.494 e. The molecule has 5 nitrogen and oxygen atoms in total. The zero-order valence-corrected chi connectivity index (χ0v) is 14.7. The van der Waals surface area contributed by atoms with Gasteiger partial charge in [0.1, 0.15) is 11.6 Å². The summed E-state index contributed by atoms with van der Waals surface area (Å²) in [6, 6.07) is 18.0. The molecule has 2 aromatic carbocycles. The number of benzene rings is 2. The molecule has 1 fully saturated rings. The van der Waals surface area contributed by atoms with E-state index in [0.29, 0.717) is 13.2 Å². The lowest BCUT2D eigenvalue weighted by molar-refractivity contribution is -0.122. The summed E-state index contributed by atoms with van der Waals surface area (Å²) in [6.45, 7) is 1.93. The lowest BCUT2D eigenvalue weighted by Gasteiger charge is -2.11. The minimum atomic E-state index is 0.149. The van der Waals surface area contributed by atoms with E-state index in [4.69, 9.17) is 9.72 Å². The van der Waals surface area contributed by atoms with Crippen LogP contribution in [0.3, 0.4) is 0 Å². The third-order valence-electron chi connectivity index (χ3n) is 4.64. The second kappa shape index (κ2) is 7.60. The monoisotopic (exact) mass is 349 g/mol. The summed E-state index contributed by atoms with van der Waals surface area (Å²) in [5, 5.41) is 3.02. The maximum atomic E-state index is 12.0. The summed E-state index contributed by atoms with van der Waals surface area (Å²) < 4.78 is 7.98. The summed E-state index contributed by atoms with van der Waals surface area (Å²) in [5.41, 5.74) is 2.06. The van der Waals surface area contributed by atoms with Gasteiger partial charge in [0.05, 0.1) is 24.2 Å². The summed E-state index contributed by atoms with van der Waals surface area (Å²) in [4.78, 5) is 16.7. The van der Waals surface area contributed by atoms with E-state index >= 15 is 0 Å². The number of carbonyl (C=O) groups is 1. The van der Waals surface area contributed by atoms with Gasteiger partial charge in [0, 0.05) is 12.5 Å². The number of nitrogens with zero attached hydrogens (tertiary/aromatic N) is 2. The molecule has 1 amide bonds. The van der Waals surface area contributed by atoms with E-state index in [0.717, 1.165) is 48.4 Å². The Morgan fingerprint density at radius 3 is 2.69 bits per heavy atom. The first kappa shape index (κ1) is 16.6. The van der Waals surface area contributed by atoms with Crippen LogP contribution in [0.25, 0.3) is 11.0 Å². The maximum Gasteiger partial charge on any atom is 0.223 e. The van der Waals surface area contributed by atoms with Crippen molar-refractivity contribution >= 4 is 16.9 Å². The predicted octanol–water partition coefficient (Wildman–Crippen LogP) is 3.53.